The Morgan fingerprint density at radius 3 is 2.19 bits per heavy atom. The van der Waals surface area contributed by atoms with Gasteiger partial charge in [-0.05, 0) is 20.8 Å². The molecule has 0 spiro atoms. The van der Waals surface area contributed by atoms with Crippen molar-refractivity contribution in [1.82, 2.24) is 19.4 Å². The molecule has 1 amide bonds. The van der Waals surface area contributed by atoms with Gasteiger partial charge < -0.3 is 14.4 Å². The molecule has 3 aromatic rings. The second-order valence-corrected chi connectivity index (χ2v) is 7.95. The highest BCUT2D eigenvalue weighted by Gasteiger charge is 2.23. The van der Waals surface area contributed by atoms with E-state index in [4.69, 9.17) is 0 Å². The Kier molecular flexibility index (Phi) is 5.84. The molecule has 0 N–H and O–H groups in total. The minimum Gasteiger partial charge on any atom is -0.353 e. The number of nitrogens with zero attached hydrogens (tertiary/aromatic N) is 5. The highest BCUT2D eigenvalue weighted by atomic mass is 16.2. The number of benzene rings is 1. The van der Waals surface area contributed by atoms with Gasteiger partial charge in [0.2, 0.25) is 5.91 Å². The largest absolute Gasteiger partial charge is 0.353 e. The van der Waals surface area contributed by atoms with Gasteiger partial charge in [-0.25, -0.2) is 9.97 Å². The predicted molar refractivity (Wildman–Crippen MR) is 121 cm³/mol. The third kappa shape index (κ3) is 4.66. The average molecular weight is 418 g/mol. The SMILES string of the molecule is Cc1nc(-c2ccccc2)cc(N2CCN(C(=O)Cn3c(C)cc(=O)cc3C)CC2)n1. The van der Waals surface area contributed by atoms with E-state index >= 15 is 0 Å². The summed E-state index contributed by atoms with van der Waals surface area (Å²) in [7, 11) is 0. The lowest BCUT2D eigenvalue weighted by Gasteiger charge is -2.36. The molecule has 7 nitrogen and oxygen atoms in total. The number of aryl methyl sites for hydroxylation is 3. The summed E-state index contributed by atoms with van der Waals surface area (Å²) >= 11 is 0. The van der Waals surface area contributed by atoms with E-state index in [-0.39, 0.29) is 17.9 Å². The molecule has 31 heavy (non-hydrogen) atoms. The van der Waals surface area contributed by atoms with Crippen LogP contribution in [0.2, 0.25) is 0 Å². The summed E-state index contributed by atoms with van der Waals surface area (Å²) in [6, 6.07) is 15.2. The van der Waals surface area contributed by atoms with Gasteiger partial charge in [0.15, 0.2) is 5.43 Å². The zero-order valence-corrected chi connectivity index (χ0v) is 18.2. The minimum atomic E-state index is -0.0256. The molecule has 0 saturated carbocycles. The van der Waals surface area contributed by atoms with Gasteiger partial charge in [0.25, 0.3) is 0 Å². The van der Waals surface area contributed by atoms with E-state index in [1.54, 1.807) is 12.1 Å². The van der Waals surface area contributed by atoms with Crippen LogP contribution in [0.5, 0.6) is 0 Å². The predicted octanol–water partition coefficient (Wildman–Crippen LogP) is 2.58. The van der Waals surface area contributed by atoms with Gasteiger partial charge in [-0.3, -0.25) is 9.59 Å². The lowest BCUT2D eigenvalue weighted by molar-refractivity contribution is -0.132. The summed E-state index contributed by atoms with van der Waals surface area (Å²) in [6.45, 7) is 8.61. The number of rotatable bonds is 4. The highest BCUT2D eigenvalue weighted by Crippen LogP contribution is 2.22. The molecule has 7 heteroatoms. The molecule has 1 aliphatic rings. The van der Waals surface area contributed by atoms with Crippen LogP contribution < -0.4 is 10.3 Å². The molecule has 4 rings (SSSR count). The molecular weight excluding hydrogens is 390 g/mol. The first-order chi connectivity index (χ1) is 14.9. The number of hydrogen-bond acceptors (Lipinski definition) is 5. The average Bonchev–Trinajstić information content (AvgIpc) is 2.76. The van der Waals surface area contributed by atoms with Gasteiger partial charge in [-0.1, -0.05) is 30.3 Å². The number of piperazine rings is 1. The molecule has 1 aromatic carbocycles. The molecule has 1 saturated heterocycles. The summed E-state index contributed by atoms with van der Waals surface area (Å²) in [5.74, 6) is 1.70. The Labute approximate surface area is 182 Å². The second-order valence-electron chi connectivity index (χ2n) is 7.95. The normalized spacial score (nSPS) is 14.0. The van der Waals surface area contributed by atoms with Crippen molar-refractivity contribution in [3.05, 3.63) is 76.0 Å². The van der Waals surface area contributed by atoms with E-state index in [1.807, 2.05) is 66.6 Å². The third-order valence-corrected chi connectivity index (χ3v) is 5.70. The number of anilines is 1. The fourth-order valence-corrected chi connectivity index (χ4v) is 4.03. The van der Waals surface area contributed by atoms with Gasteiger partial charge in [0.1, 0.15) is 18.2 Å². The van der Waals surface area contributed by atoms with Crippen LogP contribution in [0.4, 0.5) is 5.82 Å². The molecule has 1 fully saturated rings. The fraction of sp³-hybridized carbons (Fsp3) is 0.333. The van der Waals surface area contributed by atoms with Crippen LogP contribution in [0.25, 0.3) is 11.3 Å². The first-order valence-electron chi connectivity index (χ1n) is 10.5. The van der Waals surface area contributed by atoms with Gasteiger partial charge in [-0.2, -0.15) is 0 Å². The maximum absolute atomic E-state index is 12.9. The van der Waals surface area contributed by atoms with Crippen LogP contribution >= 0.6 is 0 Å². The molecule has 160 valence electrons. The number of amides is 1. The lowest BCUT2D eigenvalue weighted by atomic mass is 10.1. The van der Waals surface area contributed by atoms with Crippen LogP contribution in [0.15, 0.2) is 53.3 Å². The first kappa shape index (κ1) is 20.8. The van der Waals surface area contributed by atoms with Crippen molar-refractivity contribution in [2.75, 3.05) is 31.1 Å². The van der Waals surface area contributed by atoms with Gasteiger partial charge >= 0.3 is 0 Å². The third-order valence-electron chi connectivity index (χ3n) is 5.70. The second kappa shape index (κ2) is 8.71. The Morgan fingerprint density at radius 2 is 1.55 bits per heavy atom. The zero-order chi connectivity index (χ0) is 22.0. The molecule has 0 unspecified atom stereocenters. The topological polar surface area (TPSA) is 71.3 Å². The monoisotopic (exact) mass is 417 g/mol. The van der Waals surface area contributed by atoms with Crippen LogP contribution in [0.1, 0.15) is 17.2 Å². The van der Waals surface area contributed by atoms with E-state index in [0.29, 0.717) is 13.1 Å². The van der Waals surface area contributed by atoms with E-state index < -0.39 is 0 Å². The standard InChI is InChI=1S/C24H27N5O2/c1-17-13-21(30)14-18(2)29(17)16-24(31)28-11-9-27(10-12-28)23-15-22(25-19(3)26-23)20-7-5-4-6-8-20/h4-8,13-15H,9-12,16H2,1-3H3. The maximum atomic E-state index is 12.9. The summed E-state index contributed by atoms with van der Waals surface area (Å²) < 4.78 is 1.90. The van der Waals surface area contributed by atoms with Gasteiger partial charge in [-0.15, -0.1) is 0 Å². The summed E-state index contributed by atoms with van der Waals surface area (Å²) in [6.07, 6.45) is 0. The summed E-state index contributed by atoms with van der Waals surface area (Å²) in [5, 5.41) is 0. The number of carbonyl (C=O) groups excluding carboxylic acids is 1. The van der Waals surface area contributed by atoms with Crippen molar-refractivity contribution in [2.24, 2.45) is 0 Å². The first-order valence-corrected chi connectivity index (χ1v) is 10.5. The number of carbonyl (C=O) groups is 1. The Bertz CT molecular complexity index is 1120. The number of pyridine rings is 1. The Morgan fingerprint density at radius 1 is 0.903 bits per heavy atom. The van der Waals surface area contributed by atoms with Crippen molar-refractivity contribution in [3.8, 4) is 11.3 Å². The number of aromatic nitrogens is 3. The molecule has 2 aromatic heterocycles. The maximum Gasteiger partial charge on any atom is 0.242 e. The summed E-state index contributed by atoms with van der Waals surface area (Å²) in [4.78, 5) is 37.8. The van der Waals surface area contributed by atoms with Gasteiger partial charge in [0, 0.05) is 61.3 Å². The van der Waals surface area contributed by atoms with Crippen molar-refractivity contribution in [1.29, 1.82) is 0 Å². The molecule has 3 heterocycles. The molecule has 1 aliphatic heterocycles. The van der Waals surface area contributed by atoms with Crippen molar-refractivity contribution in [2.45, 2.75) is 27.3 Å². The zero-order valence-electron chi connectivity index (χ0n) is 18.2. The number of hydrogen-bond donors (Lipinski definition) is 0. The minimum absolute atomic E-state index is 0.0256. The highest BCUT2D eigenvalue weighted by molar-refractivity contribution is 5.76. The Balaban J connectivity index is 1.44. The summed E-state index contributed by atoms with van der Waals surface area (Å²) in [5.41, 5.74) is 3.56. The van der Waals surface area contributed by atoms with Crippen LogP contribution in [0, 0.1) is 20.8 Å². The van der Waals surface area contributed by atoms with E-state index in [0.717, 1.165) is 47.4 Å². The van der Waals surface area contributed by atoms with Crippen LogP contribution in [-0.4, -0.2) is 51.5 Å². The van der Waals surface area contributed by atoms with E-state index in [1.165, 1.54) is 0 Å². The van der Waals surface area contributed by atoms with Crippen molar-refractivity contribution in [3.63, 3.8) is 0 Å². The molecule has 0 atom stereocenters. The molecule has 0 bridgehead atoms. The smallest absolute Gasteiger partial charge is 0.242 e. The van der Waals surface area contributed by atoms with Crippen molar-refractivity contribution < 1.29 is 4.79 Å². The molecule has 0 radical (unpaired) electrons. The molecule has 0 aliphatic carbocycles. The van der Waals surface area contributed by atoms with Crippen LogP contribution in [0.3, 0.4) is 0 Å². The Hall–Kier alpha value is -3.48. The molecular formula is C24H27N5O2. The van der Waals surface area contributed by atoms with Gasteiger partial charge in [0.05, 0.1) is 5.69 Å². The lowest BCUT2D eigenvalue weighted by Crippen LogP contribution is -2.50. The van der Waals surface area contributed by atoms with Crippen molar-refractivity contribution >= 4 is 11.7 Å². The van der Waals surface area contributed by atoms with E-state index in [2.05, 4.69) is 14.9 Å². The van der Waals surface area contributed by atoms with Crippen LogP contribution in [-0.2, 0) is 11.3 Å². The van der Waals surface area contributed by atoms with E-state index in [9.17, 15) is 9.59 Å². The quantitative estimate of drug-likeness (QED) is 0.653. The fourth-order valence-electron chi connectivity index (χ4n) is 4.03.